The second-order valence-electron chi connectivity index (χ2n) is 4.31. The summed E-state index contributed by atoms with van der Waals surface area (Å²) in [5.41, 5.74) is 1.77. The monoisotopic (exact) mass is 324 g/mol. The predicted molar refractivity (Wildman–Crippen MR) is 81.8 cm³/mol. The van der Waals surface area contributed by atoms with Crippen molar-refractivity contribution in [1.82, 2.24) is 9.97 Å². The first-order valence-electron chi connectivity index (χ1n) is 6.46. The molecular formula is C15H14Cl2N2O2. The molecule has 4 nitrogen and oxygen atoms in total. The Morgan fingerprint density at radius 3 is 2.86 bits per heavy atom. The van der Waals surface area contributed by atoms with Crippen LogP contribution in [0.5, 0.6) is 0 Å². The summed E-state index contributed by atoms with van der Waals surface area (Å²) >= 11 is 11.8. The Labute approximate surface area is 133 Å². The van der Waals surface area contributed by atoms with E-state index >= 15 is 0 Å². The number of hydrogen-bond donors (Lipinski definition) is 0. The van der Waals surface area contributed by atoms with E-state index in [2.05, 4.69) is 9.97 Å². The van der Waals surface area contributed by atoms with Crippen LogP contribution in [0, 0.1) is 0 Å². The van der Waals surface area contributed by atoms with Crippen molar-refractivity contribution in [1.29, 1.82) is 0 Å². The molecule has 6 heteroatoms. The van der Waals surface area contributed by atoms with Gasteiger partial charge in [0, 0.05) is 17.6 Å². The van der Waals surface area contributed by atoms with E-state index in [0.29, 0.717) is 35.1 Å². The van der Waals surface area contributed by atoms with Crippen molar-refractivity contribution >= 4 is 29.2 Å². The molecule has 0 fully saturated rings. The average Bonchev–Trinajstić information content (AvgIpc) is 2.47. The molecule has 0 bridgehead atoms. The van der Waals surface area contributed by atoms with Gasteiger partial charge in [-0.3, -0.25) is 0 Å². The number of rotatable bonds is 5. The van der Waals surface area contributed by atoms with Gasteiger partial charge >= 0.3 is 5.97 Å². The van der Waals surface area contributed by atoms with E-state index in [-0.39, 0.29) is 5.88 Å². The number of nitrogens with zero attached hydrogens (tertiary/aromatic N) is 2. The minimum absolute atomic E-state index is 0.124. The lowest BCUT2D eigenvalue weighted by Crippen LogP contribution is -2.11. The molecule has 110 valence electrons. The molecule has 0 unspecified atom stereocenters. The Hall–Kier alpha value is -1.65. The van der Waals surface area contributed by atoms with Crippen LogP contribution in [0.3, 0.4) is 0 Å². The van der Waals surface area contributed by atoms with Gasteiger partial charge in [0.05, 0.1) is 18.2 Å². The van der Waals surface area contributed by atoms with Gasteiger partial charge in [0.25, 0.3) is 0 Å². The number of carbonyl (C=O) groups is 1. The molecule has 0 amide bonds. The normalized spacial score (nSPS) is 10.4. The van der Waals surface area contributed by atoms with Crippen LogP contribution in [0.4, 0.5) is 0 Å². The maximum absolute atomic E-state index is 11.8. The zero-order valence-corrected chi connectivity index (χ0v) is 13.0. The summed E-state index contributed by atoms with van der Waals surface area (Å²) in [5.74, 6) is 0.252. The first kappa shape index (κ1) is 15.7. The van der Waals surface area contributed by atoms with E-state index < -0.39 is 5.97 Å². The molecule has 0 saturated carbocycles. The molecule has 0 atom stereocenters. The van der Waals surface area contributed by atoms with Crippen molar-refractivity contribution in [3.63, 3.8) is 0 Å². The highest BCUT2D eigenvalue weighted by Gasteiger charge is 2.15. The molecule has 1 aromatic heterocycles. The molecule has 2 aromatic rings. The fourth-order valence-electron chi connectivity index (χ4n) is 1.85. The number of esters is 1. The molecule has 0 aliphatic rings. The highest BCUT2D eigenvalue weighted by Crippen LogP contribution is 2.15. The van der Waals surface area contributed by atoms with E-state index in [4.69, 9.17) is 27.9 Å². The van der Waals surface area contributed by atoms with Gasteiger partial charge in [-0.15, -0.1) is 11.6 Å². The van der Waals surface area contributed by atoms with Crippen molar-refractivity contribution < 1.29 is 9.53 Å². The van der Waals surface area contributed by atoms with E-state index in [1.54, 1.807) is 13.0 Å². The van der Waals surface area contributed by atoms with Gasteiger partial charge in [0.15, 0.2) is 0 Å². The number of hydrogen-bond acceptors (Lipinski definition) is 4. The van der Waals surface area contributed by atoms with Gasteiger partial charge in [-0.1, -0.05) is 23.7 Å². The van der Waals surface area contributed by atoms with Crippen LogP contribution in [-0.2, 0) is 17.0 Å². The molecule has 0 radical (unpaired) electrons. The van der Waals surface area contributed by atoms with E-state index in [1.165, 1.54) is 6.20 Å². The Kier molecular flexibility index (Phi) is 5.53. The zero-order chi connectivity index (χ0) is 15.2. The van der Waals surface area contributed by atoms with Crippen LogP contribution in [-0.4, -0.2) is 22.5 Å². The molecular weight excluding hydrogens is 311 g/mol. The molecule has 0 N–H and O–H groups in total. The number of alkyl halides is 1. The number of ether oxygens (including phenoxy) is 1. The summed E-state index contributed by atoms with van der Waals surface area (Å²) in [6.07, 6.45) is 1.98. The number of carbonyl (C=O) groups excluding carboxylic acids is 1. The van der Waals surface area contributed by atoms with Crippen LogP contribution < -0.4 is 0 Å². The van der Waals surface area contributed by atoms with Crippen molar-refractivity contribution in [3.05, 3.63) is 58.1 Å². The minimum atomic E-state index is -0.456. The van der Waals surface area contributed by atoms with Gasteiger partial charge in [-0.2, -0.15) is 0 Å². The number of halogens is 2. The van der Waals surface area contributed by atoms with Crippen molar-refractivity contribution in [2.45, 2.75) is 19.2 Å². The topological polar surface area (TPSA) is 52.1 Å². The van der Waals surface area contributed by atoms with Gasteiger partial charge < -0.3 is 4.74 Å². The van der Waals surface area contributed by atoms with Gasteiger partial charge in [-0.05, 0) is 24.6 Å². The van der Waals surface area contributed by atoms with Crippen LogP contribution in [0.1, 0.15) is 34.4 Å². The molecule has 0 aliphatic heterocycles. The Bertz CT molecular complexity index is 647. The molecule has 0 aliphatic carbocycles. The maximum atomic E-state index is 11.8. The van der Waals surface area contributed by atoms with Crippen molar-refractivity contribution in [2.24, 2.45) is 0 Å². The SMILES string of the molecule is CCOC(=O)c1cnc(Cc2cccc(Cl)c2)nc1CCl. The van der Waals surface area contributed by atoms with E-state index in [9.17, 15) is 4.79 Å². The Morgan fingerprint density at radius 1 is 1.38 bits per heavy atom. The summed E-state index contributed by atoms with van der Waals surface area (Å²) in [5, 5.41) is 0.660. The highest BCUT2D eigenvalue weighted by atomic mass is 35.5. The molecule has 21 heavy (non-hydrogen) atoms. The molecule has 1 aromatic carbocycles. The quantitative estimate of drug-likeness (QED) is 0.622. The average molecular weight is 325 g/mol. The summed E-state index contributed by atoms with van der Waals surface area (Å²) in [7, 11) is 0. The third kappa shape index (κ3) is 4.16. The lowest BCUT2D eigenvalue weighted by atomic mass is 10.1. The maximum Gasteiger partial charge on any atom is 0.341 e. The smallest absolute Gasteiger partial charge is 0.341 e. The summed E-state index contributed by atoms with van der Waals surface area (Å²) < 4.78 is 4.95. The first-order chi connectivity index (χ1) is 10.1. The van der Waals surface area contributed by atoms with Crippen LogP contribution in [0.2, 0.25) is 5.02 Å². The van der Waals surface area contributed by atoms with E-state index in [0.717, 1.165) is 5.56 Å². The van der Waals surface area contributed by atoms with Crippen LogP contribution in [0.15, 0.2) is 30.5 Å². The lowest BCUT2D eigenvalue weighted by molar-refractivity contribution is 0.0524. The first-order valence-corrected chi connectivity index (χ1v) is 7.37. The third-order valence-corrected chi connectivity index (χ3v) is 3.28. The lowest BCUT2D eigenvalue weighted by Gasteiger charge is -2.08. The number of aromatic nitrogens is 2. The largest absolute Gasteiger partial charge is 0.462 e. The number of benzene rings is 1. The third-order valence-electron chi connectivity index (χ3n) is 2.79. The van der Waals surface area contributed by atoms with Crippen LogP contribution in [0.25, 0.3) is 0 Å². The van der Waals surface area contributed by atoms with Crippen molar-refractivity contribution in [3.8, 4) is 0 Å². The van der Waals surface area contributed by atoms with Crippen molar-refractivity contribution in [2.75, 3.05) is 6.61 Å². The summed E-state index contributed by atoms with van der Waals surface area (Å²) in [6, 6.07) is 7.46. The fraction of sp³-hybridized carbons (Fsp3) is 0.267. The highest BCUT2D eigenvalue weighted by molar-refractivity contribution is 6.30. The zero-order valence-electron chi connectivity index (χ0n) is 11.5. The van der Waals surface area contributed by atoms with Gasteiger partial charge in [0.2, 0.25) is 0 Å². The fourth-order valence-corrected chi connectivity index (χ4v) is 2.27. The Morgan fingerprint density at radius 2 is 2.19 bits per heavy atom. The molecule has 0 saturated heterocycles. The van der Waals surface area contributed by atoms with Gasteiger partial charge in [-0.25, -0.2) is 14.8 Å². The second-order valence-corrected chi connectivity index (χ2v) is 5.01. The van der Waals surface area contributed by atoms with Gasteiger partial charge in [0.1, 0.15) is 11.4 Å². The molecule has 0 spiro atoms. The Balaban J connectivity index is 2.24. The molecule has 2 rings (SSSR count). The van der Waals surface area contributed by atoms with Crippen LogP contribution >= 0.6 is 23.2 Å². The van der Waals surface area contributed by atoms with E-state index in [1.807, 2.05) is 18.2 Å². The molecule has 1 heterocycles. The standard InChI is InChI=1S/C15H14Cl2N2O2/c1-2-21-15(20)12-9-18-14(19-13(12)8-16)7-10-4-3-5-11(17)6-10/h3-6,9H,2,7-8H2,1H3. The summed E-state index contributed by atoms with van der Waals surface area (Å²) in [6.45, 7) is 2.04. The predicted octanol–water partition coefficient (Wildman–Crippen LogP) is 3.64. The minimum Gasteiger partial charge on any atom is -0.462 e. The second kappa shape index (κ2) is 7.38. The summed E-state index contributed by atoms with van der Waals surface area (Å²) in [4.78, 5) is 20.3.